The van der Waals surface area contributed by atoms with Crippen LogP contribution in [0, 0.1) is 11.3 Å². The second kappa shape index (κ2) is 5.23. The molecule has 0 aliphatic carbocycles. The van der Waals surface area contributed by atoms with Crippen LogP contribution in [0.4, 0.5) is 11.4 Å². The van der Waals surface area contributed by atoms with E-state index in [0.29, 0.717) is 17.0 Å². The van der Waals surface area contributed by atoms with Gasteiger partial charge in [-0.25, -0.2) is 0 Å². The quantitative estimate of drug-likeness (QED) is 0.894. The lowest BCUT2D eigenvalue weighted by molar-refractivity contribution is 0.415. The van der Waals surface area contributed by atoms with Crippen molar-refractivity contribution in [3.8, 4) is 11.8 Å². The van der Waals surface area contributed by atoms with Crippen LogP contribution in [0.5, 0.6) is 5.75 Å². The monoisotopic (exact) mass is 242 g/mol. The SMILES string of the molecule is CCn1cc(Nc2cc(OC)ccc2C#N)cn1. The summed E-state index contributed by atoms with van der Waals surface area (Å²) >= 11 is 0. The van der Waals surface area contributed by atoms with Crippen LogP contribution in [-0.4, -0.2) is 16.9 Å². The number of nitrogens with one attached hydrogen (secondary N) is 1. The van der Waals surface area contributed by atoms with Crippen LogP contribution in [0.2, 0.25) is 0 Å². The number of nitrogens with zero attached hydrogens (tertiary/aromatic N) is 3. The van der Waals surface area contributed by atoms with E-state index in [1.807, 2.05) is 17.8 Å². The summed E-state index contributed by atoms with van der Waals surface area (Å²) in [5, 5.41) is 16.4. The van der Waals surface area contributed by atoms with Gasteiger partial charge in [-0.05, 0) is 19.1 Å². The average Bonchev–Trinajstić information content (AvgIpc) is 2.86. The molecule has 0 saturated carbocycles. The Balaban J connectivity index is 2.29. The van der Waals surface area contributed by atoms with Crippen molar-refractivity contribution in [3.05, 3.63) is 36.2 Å². The Hall–Kier alpha value is -2.48. The van der Waals surface area contributed by atoms with E-state index < -0.39 is 0 Å². The van der Waals surface area contributed by atoms with Crippen molar-refractivity contribution in [1.29, 1.82) is 5.26 Å². The fourth-order valence-corrected chi connectivity index (χ4v) is 1.61. The van der Waals surface area contributed by atoms with Gasteiger partial charge in [0.05, 0.1) is 30.2 Å². The Bertz CT molecular complexity index is 583. The molecule has 0 amide bonds. The molecule has 0 saturated heterocycles. The third-order valence-electron chi connectivity index (χ3n) is 2.58. The highest BCUT2D eigenvalue weighted by molar-refractivity contribution is 5.67. The average molecular weight is 242 g/mol. The molecule has 5 heteroatoms. The van der Waals surface area contributed by atoms with Gasteiger partial charge in [-0.1, -0.05) is 0 Å². The molecular formula is C13H14N4O. The summed E-state index contributed by atoms with van der Waals surface area (Å²) in [6, 6.07) is 7.43. The number of methoxy groups -OCH3 is 1. The van der Waals surface area contributed by atoms with Crippen LogP contribution < -0.4 is 10.1 Å². The molecule has 2 rings (SSSR count). The predicted octanol–water partition coefficient (Wildman–Crippen LogP) is 2.53. The van der Waals surface area contributed by atoms with E-state index in [4.69, 9.17) is 10.00 Å². The fourth-order valence-electron chi connectivity index (χ4n) is 1.61. The summed E-state index contributed by atoms with van der Waals surface area (Å²) in [5.41, 5.74) is 2.13. The normalized spacial score (nSPS) is 9.83. The molecule has 0 aliphatic heterocycles. The van der Waals surface area contributed by atoms with Gasteiger partial charge in [-0.15, -0.1) is 0 Å². The molecule has 0 unspecified atom stereocenters. The summed E-state index contributed by atoms with van der Waals surface area (Å²) in [5.74, 6) is 0.708. The maximum atomic E-state index is 9.06. The number of hydrogen-bond acceptors (Lipinski definition) is 4. The lowest BCUT2D eigenvalue weighted by atomic mass is 10.2. The van der Waals surface area contributed by atoms with Gasteiger partial charge in [0.1, 0.15) is 11.8 Å². The molecule has 1 aromatic heterocycles. The first-order chi connectivity index (χ1) is 8.76. The third-order valence-corrected chi connectivity index (χ3v) is 2.58. The van der Waals surface area contributed by atoms with E-state index in [9.17, 15) is 0 Å². The van der Waals surface area contributed by atoms with Gasteiger partial charge in [0.15, 0.2) is 0 Å². The van der Waals surface area contributed by atoms with Crippen LogP contribution in [0.25, 0.3) is 0 Å². The molecule has 0 spiro atoms. The zero-order valence-corrected chi connectivity index (χ0v) is 10.3. The highest BCUT2D eigenvalue weighted by Gasteiger charge is 2.05. The van der Waals surface area contributed by atoms with Crippen LogP contribution in [0.15, 0.2) is 30.6 Å². The van der Waals surface area contributed by atoms with Crippen LogP contribution in [-0.2, 0) is 6.54 Å². The largest absolute Gasteiger partial charge is 0.497 e. The molecule has 18 heavy (non-hydrogen) atoms. The van der Waals surface area contributed by atoms with Gasteiger partial charge in [-0.3, -0.25) is 4.68 Å². The van der Waals surface area contributed by atoms with Crippen molar-refractivity contribution in [2.75, 3.05) is 12.4 Å². The first-order valence-corrected chi connectivity index (χ1v) is 5.64. The topological polar surface area (TPSA) is 62.9 Å². The van der Waals surface area contributed by atoms with Gasteiger partial charge in [0.25, 0.3) is 0 Å². The van der Waals surface area contributed by atoms with Crippen LogP contribution in [0.1, 0.15) is 12.5 Å². The van der Waals surface area contributed by atoms with E-state index >= 15 is 0 Å². The van der Waals surface area contributed by atoms with E-state index in [2.05, 4.69) is 16.5 Å². The second-order valence-corrected chi connectivity index (χ2v) is 3.73. The summed E-state index contributed by atoms with van der Waals surface area (Å²) in [7, 11) is 1.60. The van der Waals surface area contributed by atoms with Crippen molar-refractivity contribution in [2.45, 2.75) is 13.5 Å². The number of ether oxygens (including phenoxy) is 1. The second-order valence-electron chi connectivity index (χ2n) is 3.73. The van der Waals surface area contributed by atoms with Gasteiger partial charge in [-0.2, -0.15) is 10.4 Å². The molecule has 5 nitrogen and oxygen atoms in total. The Morgan fingerprint density at radius 3 is 2.94 bits per heavy atom. The van der Waals surface area contributed by atoms with Crippen LogP contribution >= 0.6 is 0 Å². The predicted molar refractivity (Wildman–Crippen MR) is 68.9 cm³/mol. The minimum absolute atomic E-state index is 0.569. The first-order valence-electron chi connectivity index (χ1n) is 5.64. The lowest BCUT2D eigenvalue weighted by Crippen LogP contribution is -1.95. The Morgan fingerprint density at radius 2 is 2.33 bits per heavy atom. The van der Waals surface area contributed by atoms with E-state index in [1.165, 1.54) is 0 Å². The molecular weight excluding hydrogens is 228 g/mol. The highest BCUT2D eigenvalue weighted by Crippen LogP contribution is 2.25. The molecule has 1 N–H and O–H groups in total. The molecule has 0 atom stereocenters. The summed E-state index contributed by atoms with van der Waals surface area (Å²) in [4.78, 5) is 0. The molecule has 1 aromatic carbocycles. The van der Waals surface area contributed by atoms with Crippen molar-refractivity contribution in [3.63, 3.8) is 0 Å². The zero-order valence-electron chi connectivity index (χ0n) is 10.3. The van der Waals surface area contributed by atoms with E-state index in [1.54, 1.807) is 31.5 Å². The molecule has 0 bridgehead atoms. The smallest absolute Gasteiger partial charge is 0.121 e. The Morgan fingerprint density at radius 1 is 1.50 bits per heavy atom. The zero-order chi connectivity index (χ0) is 13.0. The van der Waals surface area contributed by atoms with Crippen molar-refractivity contribution < 1.29 is 4.74 Å². The minimum Gasteiger partial charge on any atom is -0.497 e. The third kappa shape index (κ3) is 2.43. The summed E-state index contributed by atoms with van der Waals surface area (Å²) in [6.45, 7) is 2.83. The molecule has 1 heterocycles. The first kappa shape index (κ1) is 12.0. The summed E-state index contributed by atoms with van der Waals surface area (Å²) < 4.78 is 6.96. The van der Waals surface area contributed by atoms with Gasteiger partial charge in [0, 0.05) is 18.8 Å². The maximum Gasteiger partial charge on any atom is 0.121 e. The van der Waals surface area contributed by atoms with Gasteiger partial charge >= 0.3 is 0 Å². The maximum absolute atomic E-state index is 9.06. The van der Waals surface area contributed by atoms with Crippen LogP contribution in [0.3, 0.4) is 0 Å². The Kier molecular flexibility index (Phi) is 3.49. The summed E-state index contributed by atoms with van der Waals surface area (Å²) in [6.07, 6.45) is 3.62. The number of aryl methyl sites for hydroxylation is 1. The molecule has 0 fully saturated rings. The minimum atomic E-state index is 0.569. The number of benzene rings is 1. The fraction of sp³-hybridized carbons (Fsp3) is 0.231. The van der Waals surface area contributed by atoms with E-state index in [-0.39, 0.29) is 0 Å². The van der Waals surface area contributed by atoms with Crippen molar-refractivity contribution >= 4 is 11.4 Å². The standard InChI is InChI=1S/C13H14N4O/c1-3-17-9-11(8-15-17)16-13-6-12(18-2)5-4-10(13)7-14/h4-6,8-9,16H,3H2,1-2H3. The number of hydrogen-bond donors (Lipinski definition) is 1. The molecule has 2 aromatic rings. The van der Waals surface area contributed by atoms with E-state index in [0.717, 1.165) is 12.2 Å². The highest BCUT2D eigenvalue weighted by atomic mass is 16.5. The number of rotatable bonds is 4. The number of nitriles is 1. The van der Waals surface area contributed by atoms with Crippen molar-refractivity contribution in [1.82, 2.24) is 9.78 Å². The number of anilines is 2. The van der Waals surface area contributed by atoms with Gasteiger partial charge < -0.3 is 10.1 Å². The van der Waals surface area contributed by atoms with Gasteiger partial charge in [0.2, 0.25) is 0 Å². The molecule has 92 valence electrons. The number of aromatic nitrogens is 2. The molecule has 0 radical (unpaired) electrons. The lowest BCUT2D eigenvalue weighted by Gasteiger charge is -2.07. The Labute approximate surface area is 106 Å². The van der Waals surface area contributed by atoms with Crippen molar-refractivity contribution in [2.24, 2.45) is 0 Å². The molecule has 0 aliphatic rings.